The molecule has 0 unspecified atom stereocenters. The molecule has 0 saturated heterocycles. The highest BCUT2D eigenvalue weighted by Crippen LogP contribution is 2.13. The summed E-state index contributed by atoms with van der Waals surface area (Å²) >= 11 is 0. The minimum atomic E-state index is -1.06. The van der Waals surface area contributed by atoms with E-state index in [0.29, 0.717) is 0 Å². The molecule has 0 fully saturated rings. The Labute approximate surface area is 196 Å². The molecule has 0 aliphatic heterocycles. The summed E-state index contributed by atoms with van der Waals surface area (Å²) in [7, 11) is 1.49. The first-order chi connectivity index (χ1) is 15.2. The highest BCUT2D eigenvalue weighted by molar-refractivity contribution is 5.90. The van der Waals surface area contributed by atoms with Crippen molar-refractivity contribution in [3.63, 3.8) is 0 Å². The Morgan fingerprint density at radius 2 is 1.42 bits per heavy atom. The monoisotopic (exact) mass is 463 g/mol. The van der Waals surface area contributed by atoms with Crippen LogP contribution in [0.25, 0.3) is 0 Å². The molecule has 0 spiro atoms. The van der Waals surface area contributed by atoms with Crippen molar-refractivity contribution in [1.29, 1.82) is 0 Å². The molecular weight excluding hydrogens is 426 g/mol. The van der Waals surface area contributed by atoms with Crippen LogP contribution < -0.4 is 16.0 Å². The van der Waals surface area contributed by atoms with Gasteiger partial charge in [-0.05, 0) is 53.5 Å². The van der Waals surface area contributed by atoms with Crippen molar-refractivity contribution in [3.8, 4) is 0 Å². The molecule has 0 aromatic heterocycles. The van der Waals surface area contributed by atoms with Gasteiger partial charge in [-0.3, -0.25) is 9.59 Å². The van der Waals surface area contributed by atoms with E-state index >= 15 is 0 Å². The molecule has 9 nitrogen and oxygen atoms in total. The van der Waals surface area contributed by atoms with E-state index < -0.39 is 41.3 Å². The first-order valence-corrected chi connectivity index (χ1v) is 11.0. The molecule has 1 aromatic rings. The van der Waals surface area contributed by atoms with Crippen LogP contribution in [0.5, 0.6) is 0 Å². The van der Waals surface area contributed by atoms with Crippen molar-refractivity contribution in [2.24, 2.45) is 0 Å². The van der Waals surface area contributed by atoms with Gasteiger partial charge in [-0.25, -0.2) is 9.59 Å². The standard InChI is InChI=1S/C24H37N3O6/c1-23(2,3)32-21(30)17(13-14-19(28)25-7)26-20(29)18(15-16-11-9-8-10-12-16)27-22(31)33-24(4,5)6/h8-12,17-18H,13-15H2,1-7H3,(H,25,28)(H,26,29)(H,27,31)/t17-,18-/m0/s1. The molecule has 0 aliphatic rings. The Kier molecular flexibility index (Phi) is 10.3. The predicted octanol–water partition coefficient (Wildman–Crippen LogP) is 2.48. The zero-order chi connectivity index (χ0) is 25.2. The lowest BCUT2D eigenvalue weighted by Gasteiger charge is -2.27. The van der Waals surface area contributed by atoms with Crippen molar-refractivity contribution < 1.29 is 28.7 Å². The second-order valence-electron chi connectivity index (χ2n) is 9.70. The van der Waals surface area contributed by atoms with Crippen LogP contribution in [0.1, 0.15) is 59.9 Å². The number of hydrogen-bond donors (Lipinski definition) is 3. The van der Waals surface area contributed by atoms with Crippen molar-refractivity contribution in [2.45, 2.75) is 84.1 Å². The Balaban J connectivity index is 3.06. The van der Waals surface area contributed by atoms with E-state index in [1.807, 2.05) is 30.3 Å². The molecule has 33 heavy (non-hydrogen) atoms. The third kappa shape index (κ3) is 11.9. The summed E-state index contributed by atoms with van der Waals surface area (Å²) in [5.41, 5.74) is -0.705. The third-order valence-corrected chi connectivity index (χ3v) is 4.24. The van der Waals surface area contributed by atoms with Crippen molar-refractivity contribution in [2.75, 3.05) is 7.05 Å². The van der Waals surface area contributed by atoms with E-state index in [4.69, 9.17) is 9.47 Å². The smallest absolute Gasteiger partial charge is 0.408 e. The summed E-state index contributed by atoms with van der Waals surface area (Å²) in [4.78, 5) is 49.9. The second kappa shape index (κ2) is 12.2. The van der Waals surface area contributed by atoms with Crippen molar-refractivity contribution in [1.82, 2.24) is 16.0 Å². The van der Waals surface area contributed by atoms with Crippen LogP contribution in [0, 0.1) is 0 Å². The number of ether oxygens (including phenoxy) is 2. The first-order valence-electron chi connectivity index (χ1n) is 11.0. The van der Waals surface area contributed by atoms with Crippen LogP contribution in [0.3, 0.4) is 0 Å². The van der Waals surface area contributed by atoms with Gasteiger partial charge in [0, 0.05) is 19.9 Å². The molecule has 1 aromatic carbocycles. The van der Waals surface area contributed by atoms with Crippen molar-refractivity contribution in [3.05, 3.63) is 35.9 Å². The van der Waals surface area contributed by atoms with E-state index in [1.165, 1.54) is 7.05 Å². The maximum atomic E-state index is 13.2. The molecule has 0 radical (unpaired) electrons. The largest absolute Gasteiger partial charge is 0.458 e. The Morgan fingerprint density at radius 1 is 0.848 bits per heavy atom. The minimum absolute atomic E-state index is 0.0174. The molecule has 0 heterocycles. The maximum Gasteiger partial charge on any atom is 0.408 e. The summed E-state index contributed by atoms with van der Waals surface area (Å²) in [6, 6.07) is 7.08. The lowest BCUT2D eigenvalue weighted by atomic mass is 10.0. The van der Waals surface area contributed by atoms with Gasteiger partial charge in [-0.15, -0.1) is 0 Å². The summed E-state index contributed by atoms with van der Waals surface area (Å²) in [6.45, 7) is 10.3. The number of benzene rings is 1. The lowest BCUT2D eigenvalue weighted by Crippen LogP contribution is -2.54. The summed E-state index contributed by atoms with van der Waals surface area (Å²) < 4.78 is 10.7. The first kappa shape index (κ1) is 27.9. The molecule has 3 amide bonds. The average Bonchev–Trinajstić information content (AvgIpc) is 2.68. The van der Waals surface area contributed by atoms with E-state index in [-0.39, 0.29) is 25.2 Å². The SMILES string of the molecule is CNC(=O)CC[C@H](NC(=O)[C@H](Cc1ccccc1)NC(=O)OC(C)(C)C)C(=O)OC(C)(C)C. The number of rotatable bonds is 9. The number of alkyl carbamates (subject to hydrolysis) is 1. The van der Waals surface area contributed by atoms with Crippen LogP contribution in [0.15, 0.2) is 30.3 Å². The van der Waals surface area contributed by atoms with Gasteiger partial charge < -0.3 is 25.4 Å². The molecule has 0 aliphatic carbocycles. The van der Waals surface area contributed by atoms with Gasteiger partial charge in [-0.1, -0.05) is 30.3 Å². The van der Waals surface area contributed by atoms with Gasteiger partial charge >= 0.3 is 12.1 Å². The fraction of sp³-hybridized carbons (Fsp3) is 0.583. The normalized spacial score (nSPS) is 13.3. The molecule has 2 atom stereocenters. The fourth-order valence-electron chi connectivity index (χ4n) is 2.80. The minimum Gasteiger partial charge on any atom is -0.458 e. The third-order valence-electron chi connectivity index (χ3n) is 4.24. The topological polar surface area (TPSA) is 123 Å². The summed E-state index contributed by atoms with van der Waals surface area (Å²) in [6.07, 6.45) is -0.505. The predicted molar refractivity (Wildman–Crippen MR) is 124 cm³/mol. The average molecular weight is 464 g/mol. The van der Waals surface area contributed by atoms with Gasteiger partial charge in [0.25, 0.3) is 0 Å². The summed E-state index contributed by atoms with van der Waals surface area (Å²) in [5, 5.41) is 7.72. The highest BCUT2D eigenvalue weighted by Gasteiger charge is 2.31. The number of carbonyl (C=O) groups is 4. The molecule has 0 saturated carbocycles. The Bertz CT molecular complexity index is 812. The van der Waals surface area contributed by atoms with Crippen LogP contribution in [-0.2, 0) is 30.3 Å². The van der Waals surface area contributed by atoms with Crippen molar-refractivity contribution >= 4 is 23.9 Å². The maximum absolute atomic E-state index is 13.2. The summed E-state index contributed by atoms with van der Waals surface area (Å²) in [5.74, 6) is -1.52. The van der Waals surface area contributed by atoms with Crippen LogP contribution in [-0.4, -0.2) is 54.2 Å². The number of amides is 3. The number of carbonyl (C=O) groups excluding carboxylic acids is 4. The molecular formula is C24H37N3O6. The molecule has 9 heteroatoms. The van der Waals surface area contributed by atoms with Gasteiger partial charge in [0.2, 0.25) is 11.8 Å². The number of nitrogens with one attached hydrogen (secondary N) is 3. The second-order valence-corrected chi connectivity index (χ2v) is 9.70. The van der Waals surface area contributed by atoms with E-state index in [2.05, 4.69) is 16.0 Å². The van der Waals surface area contributed by atoms with Gasteiger partial charge in [0.1, 0.15) is 23.3 Å². The Morgan fingerprint density at radius 3 is 1.94 bits per heavy atom. The molecule has 1 rings (SSSR count). The fourth-order valence-corrected chi connectivity index (χ4v) is 2.80. The van der Waals surface area contributed by atoms with Gasteiger partial charge in [-0.2, -0.15) is 0 Å². The molecule has 0 bridgehead atoms. The van der Waals surface area contributed by atoms with Gasteiger partial charge in [0.05, 0.1) is 0 Å². The van der Waals surface area contributed by atoms with E-state index in [0.717, 1.165) is 5.56 Å². The Hall–Kier alpha value is -3.10. The quantitative estimate of drug-likeness (QED) is 0.484. The zero-order valence-electron chi connectivity index (χ0n) is 20.6. The number of esters is 1. The van der Waals surface area contributed by atoms with Gasteiger partial charge in [0.15, 0.2) is 0 Å². The highest BCUT2D eigenvalue weighted by atomic mass is 16.6. The van der Waals surface area contributed by atoms with E-state index in [1.54, 1.807) is 41.5 Å². The zero-order valence-corrected chi connectivity index (χ0v) is 20.6. The van der Waals surface area contributed by atoms with Crippen LogP contribution >= 0.6 is 0 Å². The lowest BCUT2D eigenvalue weighted by molar-refractivity contribution is -0.159. The number of hydrogen-bond acceptors (Lipinski definition) is 6. The molecule has 3 N–H and O–H groups in total. The van der Waals surface area contributed by atoms with Crippen LogP contribution in [0.4, 0.5) is 4.79 Å². The van der Waals surface area contributed by atoms with E-state index in [9.17, 15) is 19.2 Å². The van der Waals surface area contributed by atoms with Crippen LogP contribution in [0.2, 0.25) is 0 Å². The molecule has 184 valence electrons.